The fourth-order valence-electron chi connectivity index (χ4n) is 1.25. The van der Waals surface area contributed by atoms with Crippen LogP contribution in [-0.4, -0.2) is 29.3 Å². The van der Waals surface area contributed by atoms with E-state index >= 15 is 0 Å². The third-order valence-electron chi connectivity index (χ3n) is 1.83. The van der Waals surface area contributed by atoms with Gasteiger partial charge in [0.1, 0.15) is 0 Å². The maximum Gasteiger partial charge on any atom is 0.203 e. The molecule has 1 N–H and O–H groups in total. The summed E-state index contributed by atoms with van der Waals surface area (Å²) in [5, 5.41) is 3.26. The third kappa shape index (κ3) is 2.88. The van der Waals surface area contributed by atoms with Crippen molar-refractivity contribution >= 4 is 5.95 Å². The quantitative estimate of drug-likeness (QED) is 0.699. The molecule has 0 aliphatic rings. The Kier molecular flexibility index (Phi) is 4.19. The monoisotopic (exact) mass is 195 g/mol. The SMILES string of the molecule is C=CCn1ccnc1NC(C)COC. The molecule has 0 fully saturated rings. The molecule has 1 atom stereocenters. The lowest BCUT2D eigenvalue weighted by molar-refractivity contribution is 0.190. The first-order chi connectivity index (χ1) is 6.77. The van der Waals surface area contributed by atoms with E-state index in [1.165, 1.54) is 0 Å². The van der Waals surface area contributed by atoms with Crippen LogP contribution in [0.5, 0.6) is 0 Å². The minimum absolute atomic E-state index is 0.256. The molecule has 1 aromatic rings. The molecule has 0 bridgehead atoms. The van der Waals surface area contributed by atoms with Crippen LogP contribution >= 0.6 is 0 Å². The number of nitrogens with one attached hydrogen (secondary N) is 1. The van der Waals surface area contributed by atoms with Crippen molar-refractivity contribution in [1.29, 1.82) is 0 Å². The number of methoxy groups -OCH3 is 1. The molecule has 0 saturated carbocycles. The molecule has 1 unspecified atom stereocenters. The summed E-state index contributed by atoms with van der Waals surface area (Å²) < 4.78 is 7.03. The number of aromatic nitrogens is 2. The number of hydrogen-bond acceptors (Lipinski definition) is 3. The van der Waals surface area contributed by atoms with E-state index in [2.05, 4.69) is 23.8 Å². The normalized spacial score (nSPS) is 12.4. The zero-order chi connectivity index (χ0) is 10.4. The number of hydrogen-bond donors (Lipinski definition) is 1. The number of rotatable bonds is 6. The van der Waals surface area contributed by atoms with Crippen molar-refractivity contribution in [3.63, 3.8) is 0 Å². The maximum atomic E-state index is 5.03. The number of imidazole rings is 1. The van der Waals surface area contributed by atoms with Crippen LogP contribution in [0.15, 0.2) is 25.0 Å². The fourth-order valence-corrected chi connectivity index (χ4v) is 1.25. The van der Waals surface area contributed by atoms with Crippen molar-refractivity contribution in [2.45, 2.75) is 19.5 Å². The van der Waals surface area contributed by atoms with Gasteiger partial charge in [-0.25, -0.2) is 4.98 Å². The fraction of sp³-hybridized carbons (Fsp3) is 0.500. The van der Waals surface area contributed by atoms with E-state index in [4.69, 9.17) is 4.74 Å². The van der Waals surface area contributed by atoms with Crippen LogP contribution in [0, 0.1) is 0 Å². The van der Waals surface area contributed by atoms with Gasteiger partial charge in [0, 0.05) is 32.1 Å². The van der Waals surface area contributed by atoms with Crippen molar-refractivity contribution in [3.05, 3.63) is 25.0 Å². The predicted molar refractivity (Wildman–Crippen MR) is 57.4 cm³/mol. The van der Waals surface area contributed by atoms with Gasteiger partial charge >= 0.3 is 0 Å². The average Bonchev–Trinajstić information content (AvgIpc) is 2.54. The average molecular weight is 195 g/mol. The maximum absolute atomic E-state index is 5.03. The molecule has 1 aromatic heterocycles. The molecule has 1 rings (SSSR count). The number of ether oxygens (including phenoxy) is 1. The molecule has 0 radical (unpaired) electrons. The van der Waals surface area contributed by atoms with E-state index in [9.17, 15) is 0 Å². The first kappa shape index (κ1) is 10.8. The molecule has 4 heteroatoms. The van der Waals surface area contributed by atoms with Gasteiger partial charge in [-0.2, -0.15) is 0 Å². The smallest absolute Gasteiger partial charge is 0.203 e. The van der Waals surface area contributed by atoms with Crippen LogP contribution in [0.2, 0.25) is 0 Å². The molecule has 1 heterocycles. The minimum Gasteiger partial charge on any atom is -0.383 e. The van der Waals surface area contributed by atoms with Gasteiger partial charge in [-0.1, -0.05) is 6.08 Å². The molecular formula is C10H17N3O. The summed E-state index contributed by atoms with van der Waals surface area (Å²) in [4.78, 5) is 4.21. The minimum atomic E-state index is 0.256. The first-order valence-corrected chi connectivity index (χ1v) is 4.65. The Morgan fingerprint density at radius 3 is 3.21 bits per heavy atom. The highest BCUT2D eigenvalue weighted by molar-refractivity contribution is 5.27. The van der Waals surface area contributed by atoms with Crippen LogP contribution < -0.4 is 5.32 Å². The van der Waals surface area contributed by atoms with E-state index in [0.717, 1.165) is 12.5 Å². The second-order valence-electron chi connectivity index (χ2n) is 3.19. The van der Waals surface area contributed by atoms with E-state index < -0.39 is 0 Å². The summed E-state index contributed by atoms with van der Waals surface area (Å²) in [6, 6.07) is 0.256. The largest absolute Gasteiger partial charge is 0.383 e. The zero-order valence-electron chi connectivity index (χ0n) is 8.73. The summed E-state index contributed by atoms with van der Waals surface area (Å²) in [5.41, 5.74) is 0. The summed E-state index contributed by atoms with van der Waals surface area (Å²) in [5.74, 6) is 0.856. The zero-order valence-corrected chi connectivity index (χ0v) is 8.73. The highest BCUT2D eigenvalue weighted by Crippen LogP contribution is 2.05. The molecule has 14 heavy (non-hydrogen) atoms. The van der Waals surface area contributed by atoms with Gasteiger partial charge in [0.15, 0.2) is 0 Å². The Morgan fingerprint density at radius 1 is 1.79 bits per heavy atom. The van der Waals surface area contributed by atoms with E-state index in [0.29, 0.717) is 6.61 Å². The van der Waals surface area contributed by atoms with E-state index in [-0.39, 0.29) is 6.04 Å². The highest BCUT2D eigenvalue weighted by atomic mass is 16.5. The Hall–Kier alpha value is -1.29. The van der Waals surface area contributed by atoms with Gasteiger partial charge in [0.05, 0.1) is 6.61 Å². The summed E-state index contributed by atoms with van der Waals surface area (Å²) >= 11 is 0. The second kappa shape index (κ2) is 5.44. The Balaban J connectivity index is 2.56. The van der Waals surface area contributed by atoms with Gasteiger partial charge in [-0.3, -0.25) is 0 Å². The topological polar surface area (TPSA) is 39.1 Å². The summed E-state index contributed by atoms with van der Waals surface area (Å²) in [7, 11) is 1.69. The van der Waals surface area contributed by atoms with Crippen molar-refractivity contribution in [3.8, 4) is 0 Å². The molecule has 0 aromatic carbocycles. The van der Waals surface area contributed by atoms with E-state index in [1.807, 2.05) is 16.8 Å². The van der Waals surface area contributed by atoms with Crippen molar-refractivity contribution < 1.29 is 4.74 Å². The molecular weight excluding hydrogens is 178 g/mol. The Morgan fingerprint density at radius 2 is 2.57 bits per heavy atom. The molecule has 4 nitrogen and oxygen atoms in total. The molecule has 0 amide bonds. The summed E-state index contributed by atoms with van der Waals surface area (Å²) in [6.07, 6.45) is 5.53. The van der Waals surface area contributed by atoms with Gasteiger partial charge in [0.2, 0.25) is 5.95 Å². The van der Waals surface area contributed by atoms with Crippen LogP contribution in [-0.2, 0) is 11.3 Å². The van der Waals surface area contributed by atoms with Crippen molar-refractivity contribution in [1.82, 2.24) is 9.55 Å². The number of anilines is 1. The first-order valence-electron chi connectivity index (χ1n) is 4.65. The highest BCUT2D eigenvalue weighted by Gasteiger charge is 2.05. The van der Waals surface area contributed by atoms with Gasteiger partial charge in [-0.05, 0) is 6.92 Å². The number of nitrogens with zero attached hydrogens (tertiary/aromatic N) is 2. The number of allylic oxidation sites excluding steroid dienone is 1. The van der Waals surface area contributed by atoms with Crippen LogP contribution in [0.4, 0.5) is 5.95 Å². The van der Waals surface area contributed by atoms with Crippen LogP contribution in [0.3, 0.4) is 0 Å². The van der Waals surface area contributed by atoms with Crippen molar-refractivity contribution in [2.24, 2.45) is 0 Å². The second-order valence-corrected chi connectivity index (χ2v) is 3.19. The summed E-state index contributed by atoms with van der Waals surface area (Å²) in [6.45, 7) is 7.18. The molecule has 0 aliphatic carbocycles. The molecule has 0 aliphatic heterocycles. The Labute approximate surface area is 84.6 Å². The Bertz CT molecular complexity index is 283. The van der Waals surface area contributed by atoms with Gasteiger partial charge in [-0.15, -0.1) is 6.58 Å². The van der Waals surface area contributed by atoms with Gasteiger partial charge in [0.25, 0.3) is 0 Å². The van der Waals surface area contributed by atoms with E-state index in [1.54, 1.807) is 13.3 Å². The lowest BCUT2D eigenvalue weighted by Gasteiger charge is -2.14. The van der Waals surface area contributed by atoms with Crippen LogP contribution in [0.25, 0.3) is 0 Å². The molecule has 0 spiro atoms. The molecule has 0 saturated heterocycles. The van der Waals surface area contributed by atoms with Crippen LogP contribution in [0.1, 0.15) is 6.92 Å². The molecule has 78 valence electrons. The lowest BCUT2D eigenvalue weighted by atomic mass is 10.4. The third-order valence-corrected chi connectivity index (χ3v) is 1.83. The lowest BCUT2D eigenvalue weighted by Crippen LogP contribution is -2.23. The standard InChI is InChI=1S/C10H17N3O/c1-4-6-13-7-5-11-10(13)12-9(2)8-14-3/h4-5,7,9H,1,6,8H2,2-3H3,(H,11,12). The van der Waals surface area contributed by atoms with Gasteiger partial charge < -0.3 is 14.6 Å². The van der Waals surface area contributed by atoms with Crippen molar-refractivity contribution in [2.75, 3.05) is 19.0 Å². The predicted octanol–water partition coefficient (Wildman–Crippen LogP) is 1.52.